The van der Waals surface area contributed by atoms with Crippen LogP contribution < -0.4 is 9.47 Å². The maximum atomic E-state index is 5.85. The number of hydrogen-bond donors (Lipinski definition) is 0. The Morgan fingerprint density at radius 3 is 2.48 bits per heavy atom. The summed E-state index contributed by atoms with van der Waals surface area (Å²) in [6, 6.07) is 17.2. The predicted octanol–water partition coefficient (Wildman–Crippen LogP) is 3.25. The van der Waals surface area contributed by atoms with Crippen LogP contribution in [0.4, 0.5) is 0 Å². The molecule has 0 saturated heterocycles. The number of para-hydroxylation sites is 2. The molecule has 21 heavy (non-hydrogen) atoms. The van der Waals surface area contributed by atoms with E-state index in [2.05, 4.69) is 10.2 Å². The molecular formula is C16H12N2O3. The minimum absolute atomic E-state index is 0.355. The van der Waals surface area contributed by atoms with Gasteiger partial charge in [-0.1, -0.05) is 30.3 Å². The topological polar surface area (TPSA) is 57.4 Å². The molecule has 5 heteroatoms. The smallest absolute Gasteiger partial charge is 0.260 e. The lowest BCUT2D eigenvalue weighted by molar-refractivity contribution is 0.0716. The van der Waals surface area contributed by atoms with Crippen LogP contribution in [-0.2, 0) is 0 Å². The lowest BCUT2D eigenvalue weighted by Crippen LogP contribution is -2.21. The highest BCUT2D eigenvalue weighted by Crippen LogP contribution is 2.35. The molecule has 0 aliphatic carbocycles. The van der Waals surface area contributed by atoms with Crippen molar-refractivity contribution < 1.29 is 13.9 Å². The van der Waals surface area contributed by atoms with Crippen molar-refractivity contribution in [2.24, 2.45) is 0 Å². The van der Waals surface area contributed by atoms with E-state index in [1.807, 2.05) is 54.6 Å². The first-order valence-electron chi connectivity index (χ1n) is 6.67. The van der Waals surface area contributed by atoms with Crippen LogP contribution in [0.15, 0.2) is 59.0 Å². The minimum Gasteiger partial charge on any atom is -0.485 e. The maximum absolute atomic E-state index is 5.85. The van der Waals surface area contributed by atoms with E-state index >= 15 is 0 Å². The van der Waals surface area contributed by atoms with Gasteiger partial charge < -0.3 is 13.9 Å². The van der Waals surface area contributed by atoms with Crippen molar-refractivity contribution in [1.82, 2.24) is 10.2 Å². The van der Waals surface area contributed by atoms with Crippen molar-refractivity contribution in [1.29, 1.82) is 0 Å². The second-order valence-corrected chi connectivity index (χ2v) is 4.68. The van der Waals surface area contributed by atoms with Crippen molar-refractivity contribution in [3.63, 3.8) is 0 Å². The van der Waals surface area contributed by atoms with Gasteiger partial charge in [-0.05, 0) is 24.3 Å². The predicted molar refractivity (Wildman–Crippen MR) is 75.0 cm³/mol. The van der Waals surface area contributed by atoms with Gasteiger partial charge in [-0.3, -0.25) is 0 Å². The van der Waals surface area contributed by atoms with Gasteiger partial charge in [0.1, 0.15) is 6.61 Å². The molecule has 1 aliphatic heterocycles. The molecule has 2 heterocycles. The molecule has 0 fully saturated rings. The fourth-order valence-electron chi connectivity index (χ4n) is 2.20. The van der Waals surface area contributed by atoms with E-state index in [1.54, 1.807) is 0 Å². The van der Waals surface area contributed by atoms with E-state index < -0.39 is 0 Å². The fraction of sp³-hybridized carbons (Fsp3) is 0.125. The van der Waals surface area contributed by atoms with Crippen LogP contribution in [-0.4, -0.2) is 16.8 Å². The fourth-order valence-corrected chi connectivity index (χ4v) is 2.20. The second-order valence-electron chi connectivity index (χ2n) is 4.68. The van der Waals surface area contributed by atoms with Crippen LogP contribution in [0, 0.1) is 0 Å². The Labute approximate surface area is 121 Å². The average Bonchev–Trinajstić information content (AvgIpc) is 3.05. The van der Waals surface area contributed by atoms with Gasteiger partial charge in [0.2, 0.25) is 12.0 Å². The number of fused-ring (bicyclic) bond motifs is 1. The van der Waals surface area contributed by atoms with Crippen LogP contribution in [0.5, 0.6) is 11.5 Å². The van der Waals surface area contributed by atoms with E-state index in [0.717, 1.165) is 11.3 Å². The molecule has 4 rings (SSSR count). The summed E-state index contributed by atoms with van der Waals surface area (Å²) in [5, 5.41) is 8.13. The summed E-state index contributed by atoms with van der Waals surface area (Å²) in [5.74, 6) is 2.32. The van der Waals surface area contributed by atoms with E-state index in [0.29, 0.717) is 24.1 Å². The zero-order valence-corrected chi connectivity index (χ0v) is 11.1. The monoisotopic (exact) mass is 280 g/mol. The Kier molecular flexibility index (Phi) is 2.81. The number of nitrogens with zero attached hydrogens (tertiary/aromatic N) is 2. The van der Waals surface area contributed by atoms with Crippen LogP contribution in [0.2, 0.25) is 0 Å². The molecule has 1 aliphatic rings. The van der Waals surface area contributed by atoms with Crippen molar-refractivity contribution in [2.45, 2.75) is 6.10 Å². The molecule has 2 aromatic carbocycles. The third kappa shape index (κ3) is 2.23. The highest BCUT2D eigenvalue weighted by atomic mass is 16.6. The van der Waals surface area contributed by atoms with E-state index in [1.165, 1.54) is 0 Å². The molecule has 0 N–H and O–H groups in total. The Morgan fingerprint density at radius 1 is 0.857 bits per heavy atom. The number of aromatic nitrogens is 2. The van der Waals surface area contributed by atoms with E-state index in [-0.39, 0.29) is 6.10 Å². The Morgan fingerprint density at radius 2 is 1.62 bits per heavy atom. The summed E-state index contributed by atoms with van der Waals surface area (Å²) in [7, 11) is 0. The highest BCUT2D eigenvalue weighted by molar-refractivity contribution is 5.51. The number of ether oxygens (including phenoxy) is 2. The van der Waals surface area contributed by atoms with Gasteiger partial charge in [-0.2, -0.15) is 0 Å². The summed E-state index contributed by atoms with van der Waals surface area (Å²) in [6.07, 6.45) is -0.384. The van der Waals surface area contributed by atoms with Crippen LogP contribution >= 0.6 is 0 Å². The molecule has 104 valence electrons. The van der Waals surface area contributed by atoms with E-state index in [4.69, 9.17) is 13.9 Å². The lowest BCUT2D eigenvalue weighted by Gasteiger charge is -2.23. The molecule has 1 unspecified atom stereocenters. The van der Waals surface area contributed by atoms with Crippen LogP contribution in [0.3, 0.4) is 0 Å². The number of hydrogen-bond acceptors (Lipinski definition) is 5. The molecule has 5 nitrogen and oxygen atoms in total. The molecule has 1 aromatic heterocycles. The van der Waals surface area contributed by atoms with Crippen molar-refractivity contribution in [3.05, 3.63) is 60.5 Å². The third-order valence-corrected chi connectivity index (χ3v) is 3.25. The van der Waals surface area contributed by atoms with Gasteiger partial charge >= 0.3 is 0 Å². The molecule has 0 amide bonds. The summed E-state index contributed by atoms with van der Waals surface area (Å²) >= 11 is 0. The quantitative estimate of drug-likeness (QED) is 0.721. The average molecular weight is 280 g/mol. The summed E-state index contributed by atoms with van der Waals surface area (Å²) in [5.41, 5.74) is 0.883. The maximum Gasteiger partial charge on any atom is 0.260 e. The summed E-state index contributed by atoms with van der Waals surface area (Å²) in [6.45, 7) is 0.355. The Bertz CT molecular complexity index is 755. The highest BCUT2D eigenvalue weighted by Gasteiger charge is 2.27. The summed E-state index contributed by atoms with van der Waals surface area (Å²) < 4.78 is 17.2. The minimum atomic E-state index is -0.384. The van der Waals surface area contributed by atoms with Gasteiger partial charge in [0, 0.05) is 5.56 Å². The Balaban J connectivity index is 1.60. The van der Waals surface area contributed by atoms with Crippen molar-refractivity contribution in [3.8, 4) is 23.0 Å². The third-order valence-electron chi connectivity index (χ3n) is 3.25. The molecular weight excluding hydrogens is 268 g/mol. The number of rotatable bonds is 2. The van der Waals surface area contributed by atoms with Crippen molar-refractivity contribution >= 4 is 0 Å². The molecule has 0 spiro atoms. The molecule has 0 bridgehead atoms. The molecule has 0 saturated carbocycles. The van der Waals surface area contributed by atoms with Gasteiger partial charge in [0.15, 0.2) is 11.5 Å². The normalized spacial score (nSPS) is 16.7. The van der Waals surface area contributed by atoms with Gasteiger partial charge in [-0.15, -0.1) is 10.2 Å². The first-order chi connectivity index (χ1) is 10.4. The van der Waals surface area contributed by atoms with Crippen LogP contribution in [0.25, 0.3) is 11.5 Å². The number of benzene rings is 2. The molecule has 1 atom stereocenters. The van der Waals surface area contributed by atoms with Crippen LogP contribution in [0.1, 0.15) is 12.0 Å². The summed E-state index contributed by atoms with van der Waals surface area (Å²) in [4.78, 5) is 0. The van der Waals surface area contributed by atoms with Gasteiger partial charge in [0.25, 0.3) is 5.89 Å². The zero-order chi connectivity index (χ0) is 14.1. The lowest BCUT2D eigenvalue weighted by atomic mass is 10.2. The zero-order valence-electron chi connectivity index (χ0n) is 11.1. The first kappa shape index (κ1) is 12.0. The first-order valence-corrected chi connectivity index (χ1v) is 6.67. The molecule has 3 aromatic rings. The van der Waals surface area contributed by atoms with Gasteiger partial charge in [-0.25, -0.2) is 0 Å². The largest absolute Gasteiger partial charge is 0.485 e. The second kappa shape index (κ2) is 4.94. The SMILES string of the molecule is c1ccc(-c2nnc(C3COc4ccccc4O3)o2)cc1. The standard InChI is InChI=1S/C16H12N2O3/c1-2-6-11(7-3-1)15-17-18-16(21-15)14-10-19-12-8-4-5-9-13(12)20-14/h1-9,14H,10H2. The van der Waals surface area contributed by atoms with Crippen molar-refractivity contribution in [2.75, 3.05) is 6.61 Å². The molecule has 0 radical (unpaired) electrons. The van der Waals surface area contributed by atoms with E-state index in [9.17, 15) is 0 Å². The van der Waals surface area contributed by atoms with Gasteiger partial charge in [0.05, 0.1) is 0 Å². The Hall–Kier alpha value is -2.82.